The molecule has 41 valence electrons. The van der Waals surface area contributed by atoms with Crippen molar-refractivity contribution in [2.45, 2.75) is 25.4 Å². The van der Waals surface area contributed by atoms with Crippen molar-refractivity contribution < 1.29 is 4.74 Å². The number of hydrogen-bond acceptors (Lipinski definition) is 1. The highest BCUT2D eigenvalue weighted by Gasteiger charge is 2.11. The lowest BCUT2D eigenvalue weighted by Gasteiger charge is -2.01. The molecule has 0 amide bonds. The second-order valence-corrected chi connectivity index (χ2v) is 1.92. The summed E-state index contributed by atoms with van der Waals surface area (Å²) < 4.78 is 5.24. The molecule has 1 atom stereocenters. The average molecular weight is 99.2 g/mol. The summed E-state index contributed by atoms with van der Waals surface area (Å²) in [6.45, 7) is 4.70. The van der Waals surface area contributed by atoms with Crippen LogP contribution in [0.2, 0.25) is 0 Å². The lowest BCUT2D eigenvalue weighted by atomic mass is 10.2. The van der Waals surface area contributed by atoms with Crippen LogP contribution in [0.25, 0.3) is 0 Å². The molecule has 1 aliphatic heterocycles. The first kappa shape index (κ1) is 5.10. The highest BCUT2D eigenvalue weighted by atomic mass is 16.5. The van der Waals surface area contributed by atoms with Gasteiger partial charge in [-0.3, -0.25) is 0 Å². The summed E-state index contributed by atoms with van der Waals surface area (Å²) in [5.74, 6) is 0. The van der Waals surface area contributed by atoms with Gasteiger partial charge in [0.25, 0.3) is 0 Å². The maximum atomic E-state index is 5.24. The molecule has 0 aliphatic carbocycles. The van der Waals surface area contributed by atoms with Gasteiger partial charge in [0.2, 0.25) is 0 Å². The molecule has 0 spiro atoms. The van der Waals surface area contributed by atoms with Crippen LogP contribution in [0.15, 0.2) is 0 Å². The van der Waals surface area contributed by atoms with Gasteiger partial charge in [-0.1, -0.05) is 6.92 Å². The maximum absolute atomic E-state index is 5.24. The van der Waals surface area contributed by atoms with Crippen LogP contribution in [0.4, 0.5) is 0 Å². The van der Waals surface area contributed by atoms with Gasteiger partial charge in [0, 0.05) is 6.61 Å². The topological polar surface area (TPSA) is 9.23 Å². The van der Waals surface area contributed by atoms with Crippen LogP contribution in [-0.2, 0) is 4.74 Å². The molecule has 1 fully saturated rings. The number of hydrogen-bond donors (Lipinski definition) is 0. The maximum Gasteiger partial charge on any atom is 0.0576 e. The highest BCUT2D eigenvalue weighted by Crippen LogP contribution is 2.13. The van der Waals surface area contributed by atoms with E-state index in [-0.39, 0.29) is 0 Å². The largest absolute Gasteiger partial charge is 0.378 e. The van der Waals surface area contributed by atoms with E-state index in [0.29, 0.717) is 6.10 Å². The number of ether oxygens (including phenoxy) is 1. The first-order valence-electron chi connectivity index (χ1n) is 2.84. The molecule has 0 saturated carbocycles. The average Bonchev–Trinajstić information content (AvgIpc) is 2.14. The fourth-order valence-electron chi connectivity index (χ4n) is 0.872. The van der Waals surface area contributed by atoms with Crippen molar-refractivity contribution in [3.63, 3.8) is 0 Å². The van der Waals surface area contributed by atoms with Crippen LogP contribution in [0.1, 0.15) is 19.3 Å². The Morgan fingerprint density at radius 2 is 2.57 bits per heavy atom. The van der Waals surface area contributed by atoms with Crippen molar-refractivity contribution in [3.8, 4) is 0 Å². The Hall–Kier alpha value is -0.0400. The second kappa shape index (κ2) is 2.31. The van der Waals surface area contributed by atoms with Crippen LogP contribution >= 0.6 is 0 Å². The lowest BCUT2D eigenvalue weighted by Crippen LogP contribution is -2.00. The van der Waals surface area contributed by atoms with Gasteiger partial charge in [0.15, 0.2) is 0 Å². The molecule has 0 bridgehead atoms. The molecule has 7 heavy (non-hydrogen) atoms. The number of rotatable bonds is 1. The van der Waals surface area contributed by atoms with Crippen molar-refractivity contribution in [3.05, 3.63) is 6.92 Å². The summed E-state index contributed by atoms with van der Waals surface area (Å²) in [5.41, 5.74) is 0. The lowest BCUT2D eigenvalue weighted by molar-refractivity contribution is 0.113. The van der Waals surface area contributed by atoms with Gasteiger partial charge in [-0.05, 0) is 19.3 Å². The Morgan fingerprint density at radius 1 is 1.71 bits per heavy atom. The Morgan fingerprint density at radius 3 is 2.86 bits per heavy atom. The van der Waals surface area contributed by atoms with Gasteiger partial charge in [-0.2, -0.15) is 0 Å². The smallest absolute Gasteiger partial charge is 0.0576 e. The van der Waals surface area contributed by atoms with Crippen LogP contribution < -0.4 is 0 Å². The minimum absolute atomic E-state index is 0.486. The molecule has 0 aromatic carbocycles. The molecule has 1 aliphatic rings. The Balaban J connectivity index is 2.14. The molecule has 1 heteroatoms. The molecule has 1 saturated heterocycles. The minimum Gasteiger partial charge on any atom is -0.378 e. The standard InChI is InChI=1S/C6H11O/c1-2-6-4-3-5-7-6/h6H,1-5H2/t6-/m0/s1. The summed E-state index contributed by atoms with van der Waals surface area (Å²) in [7, 11) is 0. The third-order valence-electron chi connectivity index (χ3n) is 1.35. The first-order valence-corrected chi connectivity index (χ1v) is 2.84. The van der Waals surface area contributed by atoms with E-state index < -0.39 is 0 Å². The molecule has 0 N–H and O–H groups in total. The van der Waals surface area contributed by atoms with Crippen LogP contribution in [0.5, 0.6) is 0 Å². The molecular weight excluding hydrogens is 88.1 g/mol. The van der Waals surface area contributed by atoms with Crippen molar-refractivity contribution >= 4 is 0 Å². The monoisotopic (exact) mass is 99.1 g/mol. The predicted molar refractivity (Wildman–Crippen MR) is 28.9 cm³/mol. The van der Waals surface area contributed by atoms with Gasteiger partial charge in [-0.15, -0.1) is 0 Å². The summed E-state index contributed by atoms with van der Waals surface area (Å²) in [4.78, 5) is 0. The Bertz CT molecular complexity index is 46.1. The highest BCUT2D eigenvalue weighted by molar-refractivity contribution is 4.64. The first-order chi connectivity index (χ1) is 3.43. The fourth-order valence-corrected chi connectivity index (χ4v) is 0.872. The second-order valence-electron chi connectivity index (χ2n) is 1.92. The SMILES string of the molecule is [CH2]C[C@H]1CCCO1. The Labute approximate surface area is 44.7 Å². The molecule has 1 nitrogen and oxygen atoms in total. The molecule has 0 aromatic rings. The minimum atomic E-state index is 0.486. The Kier molecular flexibility index (Phi) is 1.69. The van der Waals surface area contributed by atoms with Crippen LogP contribution in [-0.4, -0.2) is 12.7 Å². The van der Waals surface area contributed by atoms with Crippen molar-refractivity contribution in [2.75, 3.05) is 6.61 Å². The van der Waals surface area contributed by atoms with Crippen LogP contribution in [0.3, 0.4) is 0 Å². The quantitative estimate of drug-likeness (QED) is 0.482. The molecular formula is C6H11O. The van der Waals surface area contributed by atoms with Gasteiger partial charge in [0.05, 0.1) is 6.10 Å². The van der Waals surface area contributed by atoms with E-state index in [1.165, 1.54) is 12.8 Å². The van der Waals surface area contributed by atoms with Crippen LogP contribution in [0, 0.1) is 6.92 Å². The summed E-state index contributed by atoms with van der Waals surface area (Å²) in [5, 5.41) is 0. The van der Waals surface area contributed by atoms with Crippen molar-refractivity contribution in [1.29, 1.82) is 0 Å². The fraction of sp³-hybridized carbons (Fsp3) is 0.833. The zero-order valence-electron chi connectivity index (χ0n) is 4.52. The van der Waals surface area contributed by atoms with E-state index in [2.05, 4.69) is 6.92 Å². The molecule has 1 rings (SSSR count). The van der Waals surface area contributed by atoms with E-state index in [0.717, 1.165) is 13.0 Å². The van der Waals surface area contributed by atoms with Gasteiger partial charge >= 0.3 is 0 Å². The summed E-state index contributed by atoms with van der Waals surface area (Å²) >= 11 is 0. The summed E-state index contributed by atoms with van der Waals surface area (Å²) in [6, 6.07) is 0. The molecule has 0 unspecified atom stereocenters. The normalized spacial score (nSPS) is 31.3. The van der Waals surface area contributed by atoms with E-state index >= 15 is 0 Å². The van der Waals surface area contributed by atoms with Gasteiger partial charge in [0.1, 0.15) is 0 Å². The van der Waals surface area contributed by atoms with E-state index in [4.69, 9.17) is 4.74 Å². The van der Waals surface area contributed by atoms with Gasteiger partial charge in [-0.25, -0.2) is 0 Å². The third kappa shape index (κ3) is 1.16. The molecule has 1 heterocycles. The molecule has 0 aromatic heterocycles. The van der Waals surface area contributed by atoms with Crippen molar-refractivity contribution in [2.24, 2.45) is 0 Å². The summed E-state index contributed by atoms with van der Waals surface area (Å²) in [6.07, 6.45) is 3.89. The zero-order chi connectivity index (χ0) is 5.11. The third-order valence-corrected chi connectivity index (χ3v) is 1.35. The van der Waals surface area contributed by atoms with Crippen molar-refractivity contribution in [1.82, 2.24) is 0 Å². The van der Waals surface area contributed by atoms with E-state index in [1.54, 1.807) is 0 Å². The van der Waals surface area contributed by atoms with E-state index in [1.807, 2.05) is 0 Å². The molecule has 1 radical (unpaired) electrons. The van der Waals surface area contributed by atoms with E-state index in [9.17, 15) is 0 Å². The zero-order valence-corrected chi connectivity index (χ0v) is 4.52. The van der Waals surface area contributed by atoms with Gasteiger partial charge < -0.3 is 4.74 Å². The predicted octanol–water partition coefficient (Wildman–Crippen LogP) is 1.39.